The predicted octanol–water partition coefficient (Wildman–Crippen LogP) is 4.39. The number of fused-ring (bicyclic) bond motifs is 6. The number of carbonyl (C=O) groups excluding carboxylic acids is 1. The minimum atomic E-state index is -0.221. The lowest BCUT2D eigenvalue weighted by Gasteiger charge is -2.59. The van der Waals surface area contributed by atoms with Crippen LogP contribution in [0.4, 0.5) is 0 Å². The van der Waals surface area contributed by atoms with E-state index in [0.29, 0.717) is 17.8 Å². The monoisotopic (exact) mass is 344 g/mol. The first-order chi connectivity index (χ1) is 11.9. The predicted molar refractivity (Wildman–Crippen MR) is 95.8 cm³/mol. The SMILES string of the molecule is C[C@]12CC[C@H](O)C=C1CC[C@@H]1C2CC[C@@]2(C)C1CC[C@@]21CCC(=O)O1. The quantitative estimate of drug-likeness (QED) is 0.524. The Bertz CT molecular complexity index is 639. The van der Waals surface area contributed by atoms with Crippen molar-refractivity contribution in [1.29, 1.82) is 0 Å². The van der Waals surface area contributed by atoms with Crippen LogP contribution in [0, 0.1) is 28.6 Å². The molecule has 25 heavy (non-hydrogen) atoms. The second kappa shape index (κ2) is 5.12. The van der Waals surface area contributed by atoms with Crippen molar-refractivity contribution in [3.8, 4) is 0 Å². The van der Waals surface area contributed by atoms with Gasteiger partial charge < -0.3 is 9.84 Å². The van der Waals surface area contributed by atoms with E-state index in [2.05, 4.69) is 19.9 Å². The van der Waals surface area contributed by atoms with Gasteiger partial charge in [-0.2, -0.15) is 0 Å². The summed E-state index contributed by atoms with van der Waals surface area (Å²) in [5, 5.41) is 10.1. The van der Waals surface area contributed by atoms with Crippen molar-refractivity contribution in [3.63, 3.8) is 0 Å². The molecule has 0 aromatic rings. The second-order valence-electron chi connectivity index (χ2n) is 10.1. The molecule has 0 bridgehead atoms. The van der Waals surface area contributed by atoms with E-state index in [4.69, 9.17) is 4.74 Å². The van der Waals surface area contributed by atoms with E-state index in [0.717, 1.165) is 43.9 Å². The highest BCUT2D eigenvalue weighted by molar-refractivity contribution is 5.72. The summed E-state index contributed by atoms with van der Waals surface area (Å²) in [6, 6.07) is 0. The lowest BCUT2D eigenvalue weighted by molar-refractivity contribution is -0.168. The van der Waals surface area contributed by atoms with Crippen molar-refractivity contribution < 1.29 is 14.6 Å². The third kappa shape index (κ3) is 1.99. The Morgan fingerprint density at radius 2 is 1.80 bits per heavy atom. The molecule has 2 unspecified atom stereocenters. The van der Waals surface area contributed by atoms with Gasteiger partial charge in [-0.3, -0.25) is 4.79 Å². The van der Waals surface area contributed by atoms with Crippen LogP contribution in [0.5, 0.6) is 0 Å². The number of hydrogen-bond donors (Lipinski definition) is 1. The van der Waals surface area contributed by atoms with Gasteiger partial charge in [-0.05, 0) is 81.0 Å². The average molecular weight is 344 g/mol. The largest absolute Gasteiger partial charge is 0.458 e. The second-order valence-corrected chi connectivity index (χ2v) is 10.1. The number of rotatable bonds is 0. The first kappa shape index (κ1) is 16.4. The van der Waals surface area contributed by atoms with Crippen LogP contribution in [-0.4, -0.2) is 22.8 Å². The normalized spacial score (nSPS) is 54.5. The smallest absolute Gasteiger partial charge is 0.306 e. The molecule has 0 aromatic heterocycles. The van der Waals surface area contributed by atoms with Crippen molar-refractivity contribution in [2.45, 2.75) is 89.8 Å². The van der Waals surface area contributed by atoms with E-state index in [1.165, 1.54) is 31.3 Å². The van der Waals surface area contributed by atoms with Gasteiger partial charge in [0.2, 0.25) is 0 Å². The highest BCUT2D eigenvalue weighted by Crippen LogP contribution is 2.69. The third-order valence-electron chi connectivity index (χ3n) is 9.42. The summed E-state index contributed by atoms with van der Waals surface area (Å²) in [5.41, 5.74) is 1.87. The molecule has 3 heteroatoms. The van der Waals surface area contributed by atoms with Gasteiger partial charge in [0.15, 0.2) is 0 Å². The Morgan fingerprint density at radius 3 is 2.56 bits per heavy atom. The maximum Gasteiger partial charge on any atom is 0.306 e. The number of allylic oxidation sites excluding steroid dienone is 1. The molecule has 4 fully saturated rings. The Balaban J connectivity index is 1.48. The first-order valence-electron chi connectivity index (χ1n) is 10.5. The summed E-state index contributed by atoms with van der Waals surface area (Å²) in [4.78, 5) is 11.9. The van der Waals surface area contributed by atoms with E-state index < -0.39 is 0 Å². The lowest BCUT2D eigenvalue weighted by atomic mass is 9.46. The van der Waals surface area contributed by atoms with Crippen LogP contribution in [0.25, 0.3) is 0 Å². The molecule has 3 nitrogen and oxygen atoms in total. The van der Waals surface area contributed by atoms with E-state index >= 15 is 0 Å². The summed E-state index contributed by atoms with van der Waals surface area (Å²) >= 11 is 0. The molecule has 3 saturated carbocycles. The molecule has 5 aliphatic rings. The molecule has 1 saturated heterocycles. The molecule has 5 rings (SSSR count). The van der Waals surface area contributed by atoms with E-state index in [-0.39, 0.29) is 23.1 Å². The first-order valence-corrected chi connectivity index (χ1v) is 10.5. The number of esters is 1. The minimum absolute atomic E-state index is 0.0334. The number of hydrogen-bond acceptors (Lipinski definition) is 3. The van der Waals surface area contributed by atoms with Gasteiger partial charge >= 0.3 is 5.97 Å². The molecule has 1 N–H and O–H groups in total. The van der Waals surface area contributed by atoms with Crippen molar-refractivity contribution in [2.75, 3.05) is 0 Å². The summed E-state index contributed by atoms with van der Waals surface area (Å²) in [6.07, 6.45) is 12.8. The standard InChI is InChI=1S/C22H32O3/c1-20-9-5-15(23)13-14(20)3-4-16-17(20)6-10-21(2)18(16)7-11-22(21)12-8-19(24)25-22/h13,15-18,23H,3-12H2,1-2H3/t15-,16+,17?,18?,20-,21-,22+/m0/s1. The fraction of sp³-hybridized carbons (Fsp3) is 0.864. The zero-order chi connectivity index (χ0) is 17.4. The molecular weight excluding hydrogens is 312 g/mol. The number of aliphatic hydroxyl groups is 1. The third-order valence-corrected chi connectivity index (χ3v) is 9.42. The Kier molecular flexibility index (Phi) is 3.35. The van der Waals surface area contributed by atoms with Gasteiger partial charge in [-0.15, -0.1) is 0 Å². The lowest BCUT2D eigenvalue weighted by Crippen LogP contribution is -2.54. The highest BCUT2D eigenvalue weighted by atomic mass is 16.6. The molecule has 0 amide bonds. The fourth-order valence-corrected chi connectivity index (χ4v) is 8.00. The maximum absolute atomic E-state index is 11.9. The molecular formula is C22H32O3. The topological polar surface area (TPSA) is 46.5 Å². The van der Waals surface area contributed by atoms with Crippen LogP contribution in [0.15, 0.2) is 11.6 Å². The van der Waals surface area contributed by atoms with Gasteiger partial charge in [0, 0.05) is 11.8 Å². The van der Waals surface area contributed by atoms with Crippen molar-refractivity contribution in [1.82, 2.24) is 0 Å². The van der Waals surface area contributed by atoms with Gasteiger partial charge in [0.05, 0.1) is 6.10 Å². The van der Waals surface area contributed by atoms with Crippen LogP contribution in [0.3, 0.4) is 0 Å². The fourth-order valence-electron chi connectivity index (χ4n) is 8.00. The average Bonchev–Trinajstić information content (AvgIpc) is 3.10. The summed E-state index contributed by atoms with van der Waals surface area (Å²) < 4.78 is 6.02. The zero-order valence-electron chi connectivity index (χ0n) is 15.7. The number of carbonyl (C=O) groups is 1. The van der Waals surface area contributed by atoms with Crippen LogP contribution in [0.2, 0.25) is 0 Å². The van der Waals surface area contributed by atoms with Crippen LogP contribution >= 0.6 is 0 Å². The number of aliphatic hydroxyl groups excluding tert-OH is 1. The van der Waals surface area contributed by atoms with Gasteiger partial charge in [-0.25, -0.2) is 0 Å². The van der Waals surface area contributed by atoms with Gasteiger partial charge in [-0.1, -0.05) is 25.5 Å². The molecule has 0 radical (unpaired) electrons. The Hall–Kier alpha value is -0.830. The molecule has 0 aromatic carbocycles. The molecule has 7 atom stereocenters. The number of ether oxygens (including phenoxy) is 1. The van der Waals surface area contributed by atoms with E-state index in [9.17, 15) is 9.90 Å². The van der Waals surface area contributed by atoms with Crippen molar-refractivity contribution in [3.05, 3.63) is 11.6 Å². The molecule has 1 heterocycles. The maximum atomic E-state index is 11.9. The minimum Gasteiger partial charge on any atom is -0.458 e. The van der Waals surface area contributed by atoms with Crippen LogP contribution in [0.1, 0.15) is 78.1 Å². The summed E-state index contributed by atoms with van der Waals surface area (Å²) in [6.45, 7) is 4.92. The van der Waals surface area contributed by atoms with E-state index in [1.54, 1.807) is 0 Å². The molecule has 1 spiro atoms. The summed E-state index contributed by atoms with van der Waals surface area (Å²) in [5.74, 6) is 2.27. The Labute approximate surface area is 151 Å². The zero-order valence-corrected chi connectivity index (χ0v) is 15.7. The van der Waals surface area contributed by atoms with Crippen molar-refractivity contribution in [2.24, 2.45) is 28.6 Å². The molecule has 138 valence electrons. The van der Waals surface area contributed by atoms with Gasteiger partial charge in [0.25, 0.3) is 0 Å². The molecule has 4 aliphatic carbocycles. The highest BCUT2D eigenvalue weighted by Gasteiger charge is 2.66. The molecule has 1 aliphatic heterocycles. The van der Waals surface area contributed by atoms with Crippen molar-refractivity contribution >= 4 is 5.97 Å². The van der Waals surface area contributed by atoms with Crippen LogP contribution in [-0.2, 0) is 9.53 Å². The van der Waals surface area contributed by atoms with E-state index in [1.807, 2.05) is 0 Å². The van der Waals surface area contributed by atoms with Crippen LogP contribution < -0.4 is 0 Å². The van der Waals surface area contributed by atoms with Gasteiger partial charge in [0.1, 0.15) is 5.60 Å². The summed E-state index contributed by atoms with van der Waals surface area (Å²) in [7, 11) is 0. The Morgan fingerprint density at radius 1 is 1.00 bits per heavy atom.